The average molecular weight is 671 g/mol. The van der Waals surface area contributed by atoms with Crippen LogP contribution in [0, 0.1) is 5.82 Å². The van der Waals surface area contributed by atoms with Crippen LogP contribution in [0.25, 0.3) is 5.57 Å². The number of amides is 2. The van der Waals surface area contributed by atoms with Crippen LogP contribution in [0.15, 0.2) is 76.8 Å². The minimum Gasteiger partial charge on any atom is -0.492 e. The summed E-state index contributed by atoms with van der Waals surface area (Å²) in [5.41, 5.74) is 4.27. The van der Waals surface area contributed by atoms with Crippen LogP contribution in [0.2, 0.25) is 5.02 Å². The summed E-state index contributed by atoms with van der Waals surface area (Å²) in [5, 5.41) is 14.0. The van der Waals surface area contributed by atoms with Gasteiger partial charge in [-0.2, -0.15) is 0 Å². The van der Waals surface area contributed by atoms with E-state index in [1.54, 1.807) is 17.0 Å². The van der Waals surface area contributed by atoms with Crippen LogP contribution in [0.4, 0.5) is 9.18 Å². The summed E-state index contributed by atoms with van der Waals surface area (Å²) in [4.78, 5) is 29.8. The molecular weight excluding hydrogens is 637 g/mol. The number of rotatable bonds is 10. The molecule has 2 aliphatic heterocycles. The first-order valence-corrected chi connectivity index (χ1v) is 15.6. The highest BCUT2D eigenvalue weighted by molar-refractivity contribution is 9.10. The zero-order valence-electron chi connectivity index (χ0n) is 23.9. The molecule has 2 unspecified atom stereocenters. The van der Waals surface area contributed by atoms with Gasteiger partial charge in [-0.1, -0.05) is 54.1 Å². The van der Waals surface area contributed by atoms with Crippen molar-refractivity contribution < 1.29 is 23.8 Å². The molecule has 226 valence electrons. The lowest BCUT2D eigenvalue weighted by molar-refractivity contribution is -0.128. The summed E-state index contributed by atoms with van der Waals surface area (Å²) >= 11 is 9.80. The fourth-order valence-electron chi connectivity index (χ4n) is 5.88. The second kappa shape index (κ2) is 13.9. The summed E-state index contributed by atoms with van der Waals surface area (Å²) in [6.45, 7) is 4.04. The van der Waals surface area contributed by atoms with Gasteiger partial charge in [0, 0.05) is 42.8 Å². The SMILES string of the molecule is CCN(Cc1ccccc1Cl)C(=O)C1=C(c2ccc(CCCOc3cc(F)ccc3Br)cc2)CC2CNCC1N2C(=O)O. The van der Waals surface area contributed by atoms with E-state index in [-0.39, 0.29) is 17.8 Å². The number of carboxylic acid groups (broad SMARTS) is 1. The number of carbonyl (C=O) groups excluding carboxylic acids is 1. The van der Waals surface area contributed by atoms with Gasteiger partial charge in [0.05, 0.1) is 23.2 Å². The molecule has 0 radical (unpaired) electrons. The monoisotopic (exact) mass is 669 g/mol. The lowest BCUT2D eigenvalue weighted by Gasteiger charge is -2.47. The van der Waals surface area contributed by atoms with Crippen LogP contribution in [0.1, 0.15) is 36.5 Å². The number of likely N-dealkylation sites (N-methyl/N-ethyl adjacent to an activating group) is 1. The number of ether oxygens (including phenoxy) is 1. The van der Waals surface area contributed by atoms with Crippen molar-refractivity contribution in [3.63, 3.8) is 0 Å². The number of hydrogen-bond acceptors (Lipinski definition) is 4. The Hall–Kier alpha value is -3.40. The van der Waals surface area contributed by atoms with Crippen LogP contribution in [-0.2, 0) is 17.8 Å². The first-order chi connectivity index (χ1) is 20.8. The predicted octanol–water partition coefficient (Wildman–Crippen LogP) is 6.78. The van der Waals surface area contributed by atoms with E-state index in [9.17, 15) is 19.1 Å². The number of nitrogens with one attached hydrogen (secondary N) is 1. The Labute approximate surface area is 264 Å². The van der Waals surface area contributed by atoms with Gasteiger partial charge in [-0.15, -0.1) is 0 Å². The Morgan fingerprint density at radius 3 is 2.63 bits per heavy atom. The van der Waals surface area contributed by atoms with Gasteiger partial charge >= 0.3 is 6.09 Å². The molecule has 0 spiro atoms. The van der Waals surface area contributed by atoms with E-state index in [2.05, 4.69) is 21.2 Å². The van der Waals surface area contributed by atoms with Crippen LogP contribution in [-0.4, -0.2) is 65.2 Å². The predicted molar refractivity (Wildman–Crippen MR) is 169 cm³/mol. The van der Waals surface area contributed by atoms with Crippen molar-refractivity contribution in [3.8, 4) is 5.75 Å². The maximum Gasteiger partial charge on any atom is 0.408 e. The normalized spacial score (nSPS) is 18.0. The molecule has 5 rings (SSSR count). The molecule has 2 amide bonds. The summed E-state index contributed by atoms with van der Waals surface area (Å²) in [5.74, 6) is -0.0515. The van der Waals surface area contributed by atoms with E-state index in [1.165, 1.54) is 17.0 Å². The number of hydrogen-bond donors (Lipinski definition) is 2. The number of fused-ring (bicyclic) bond motifs is 2. The Kier molecular flexibility index (Phi) is 10.1. The van der Waals surface area contributed by atoms with E-state index in [0.29, 0.717) is 60.0 Å². The molecule has 7 nitrogen and oxygen atoms in total. The Morgan fingerprint density at radius 1 is 1.14 bits per heavy atom. The van der Waals surface area contributed by atoms with Crippen LogP contribution in [0.3, 0.4) is 0 Å². The fraction of sp³-hybridized carbons (Fsp3) is 0.333. The van der Waals surface area contributed by atoms with Crippen molar-refractivity contribution in [3.05, 3.63) is 104 Å². The molecular formula is C33H34BrClFN3O4. The van der Waals surface area contributed by atoms with E-state index in [1.807, 2.05) is 49.4 Å². The third kappa shape index (κ3) is 7.06. The summed E-state index contributed by atoms with van der Waals surface area (Å²) in [7, 11) is 0. The maximum absolute atomic E-state index is 14.2. The zero-order valence-corrected chi connectivity index (χ0v) is 26.2. The highest BCUT2D eigenvalue weighted by Crippen LogP contribution is 2.38. The smallest absolute Gasteiger partial charge is 0.408 e. The number of piperazine rings is 1. The van der Waals surface area contributed by atoms with Crippen LogP contribution in [0.5, 0.6) is 5.75 Å². The molecule has 43 heavy (non-hydrogen) atoms. The molecule has 3 aromatic carbocycles. The lowest BCUT2D eigenvalue weighted by Crippen LogP contribution is -2.63. The highest BCUT2D eigenvalue weighted by atomic mass is 79.9. The van der Waals surface area contributed by atoms with Crippen molar-refractivity contribution in [1.82, 2.24) is 15.1 Å². The number of benzene rings is 3. The summed E-state index contributed by atoms with van der Waals surface area (Å²) in [6, 6.07) is 19.1. The minimum absolute atomic E-state index is 0.180. The zero-order chi connectivity index (χ0) is 30.5. The molecule has 0 aromatic heterocycles. The number of carbonyl (C=O) groups is 2. The van der Waals surface area contributed by atoms with Crippen molar-refractivity contribution in [2.24, 2.45) is 0 Å². The van der Waals surface area contributed by atoms with Gasteiger partial charge in [0.25, 0.3) is 5.91 Å². The first kappa shape index (κ1) is 31.0. The third-order valence-corrected chi connectivity index (χ3v) is 9.07. The third-order valence-electron chi connectivity index (χ3n) is 8.05. The highest BCUT2D eigenvalue weighted by Gasteiger charge is 2.45. The van der Waals surface area contributed by atoms with Crippen LogP contribution < -0.4 is 10.1 Å². The number of nitrogens with zero attached hydrogens (tertiary/aromatic N) is 2. The van der Waals surface area contributed by atoms with Gasteiger partial charge in [0.2, 0.25) is 0 Å². The van der Waals surface area contributed by atoms with E-state index in [4.69, 9.17) is 16.3 Å². The fourth-order valence-corrected chi connectivity index (χ4v) is 6.44. The maximum atomic E-state index is 14.2. The van der Waals surface area contributed by atoms with Crippen LogP contribution >= 0.6 is 27.5 Å². The molecule has 2 aliphatic rings. The molecule has 3 aromatic rings. The van der Waals surface area contributed by atoms with Gasteiger partial charge in [0.1, 0.15) is 11.6 Å². The molecule has 2 bridgehead atoms. The van der Waals surface area contributed by atoms with Gasteiger partial charge in [-0.3, -0.25) is 9.69 Å². The first-order valence-electron chi connectivity index (χ1n) is 14.4. The largest absolute Gasteiger partial charge is 0.492 e. The Balaban J connectivity index is 1.38. The molecule has 0 aliphatic carbocycles. The van der Waals surface area contributed by atoms with Crippen molar-refractivity contribution >= 4 is 45.1 Å². The number of halogens is 3. The van der Waals surface area contributed by atoms with Crippen molar-refractivity contribution in [2.75, 3.05) is 26.2 Å². The summed E-state index contributed by atoms with van der Waals surface area (Å²) < 4.78 is 20.0. The molecule has 2 atom stereocenters. The molecule has 1 saturated heterocycles. The molecule has 1 fully saturated rings. The van der Waals surface area contributed by atoms with Crippen molar-refractivity contribution in [2.45, 2.75) is 44.8 Å². The molecule has 2 heterocycles. The Morgan fingerprint density at radius 2 is 1.91 bits per heavy atom. The van der Waals surface area contributed by atoms with Gasteiger partial charge in [-0.25, -0.2) is 9.18 Å². The van der Waals surface area contributed by atoms with E-state index in [0.717, 1.165) is 35.1 Å². The topological polar surface area (TPSA) is 82.1 Å². The van der Waals surface area contributed by atoms with Gasteiger partial charge in [0.15, 0.2) is 0 Å². The average Bonchev–Trinajstić information content (AvgIpc) is 3.00. The summed E-state index contributed by atoms with van der Waals surface area (Å²) in [6.07, 6.45) is 0.932. The second-order valence-corrected chi connectivity index (χ2v) is 12.0. The van der Waals surface area contributed by atoms with E-state index >= 15 is 0 Å². The number of aryl methyl sites for hydroxylation is 1. The van der Waals surface area contributed by atoms with Gasteiger partial charge < -0.3 is 20.1 Å². The quantitative estimate of drug-likeness (QED) is 0.233. The molecule has 0 saturated carbocycles. The molecule has 10 heteroatoms. The minimum atomic E-state index is -1.02. The standard InChI is InChI=1S/C33H34BrClFN3O4/c1-2-38(20-23-7-3-4-8-28(23)35)32(40)31-26(17-25-18-37-19-29(31)39(25)33(41)42)22-11-9-21(10-12-22)6-5-15-43-30-16-24(36)13-14-27(30)34/h3-4,7-14,16,25,29,37H,2,5-6,15,17-20H2,1H3,(H,41,42). The second-order valence-electron chi connectivity index (χ2n) is 10.7. The van der Waals surface area contributed by atoms with Gasteiger partial charge in [-0.05, 0) is 82.6 Å². The Bertz CT molecular complexity index is 1520. The lowest BCUT2D eigenvalue weighted by atomic mass is 9.81. The van der Waals surface area contributed by atoms with E-state index < -0.39 is 12.1 Å². The molecule has 2 N–H and O–H groups in total. The van der Waals surface area contributed by atoms with Crippen molar-refractivity contribution in [1.29, 1.82) is 0 Å².